The molecule has 1 heterocycles. The summed E-state index contributed by atoms with van der Waals surface area (Å²) in [5.41, 5.74) is 11.6. The van der Waals surface area contributed by atoms with Gasteiger partial charge in [0.25, 0.3) is 0 Å². The highest BCUT2D eigenvalue weighted by Gasteiger charge is 2.51. The third kappa shape index (κ3) is 3.70. The highest BCUT2D eigenvalue weighted by Crippen LogP contribution is 2.36. The summed E-state index contributed by atoms with van der Waals surface area (Å²) in [6.45, 7) is 8.15. The highest BCUT2D eigenvalue weighted by molar-refractivity contribution is 6.62. The molecule has 2 aromatic carbocycles. The Morgan fingerprint density at radius 2 is 1.64 bits per heavy atom. The SMILES string of the molecule is CC1(C)OB(c2ccc(N)c(C=NNc3ccccc3)c2)OC1(C)C. The summed E-state index contributed by atoms with van der Waals surface area (Å²) in [5, 5.41) is 4.26. The molecule has 0 unspecified atom stereocenters. The molecule has 25 heavy (non-hydrogen) atoms. The van der Waals surface area contributed by atoms with E-state index in [2.05, 4.69) is 10.5 Å². The number of para-hydroxylation sites is 1. The second-order valence-electron chi connectivity index (χ2n) is 7.21. The van der Waals surface area contributed by atoms with Crippen LogP contribution >= 0.6 is 0 Å². The first-order valence-corrected chi connectivity index (χ1v) is 8.38. The van der Waals surface area contributed by atoms with Gasteiger partial charge in [-0.15, -0.1) is 0 Å². The molecule has 1 aliphatic heterocycles. The van der Waals surface area contributed by atoms with E-state index in [1.54, 1.807) is 6.21 Å². The van der Waals surface area contributed by atoms with Gasteiger partial charge in [0.1, 0.15) is 0 Å². The van der Waals surface area contributed by atoms with Gasteiger partial charge in [0.2, 0.25) is 0 Å². The van der Waals surface area contributed by atoms with Crippen molar-refractivity contribution < 1.29 is 9.31 Å². The van der Waals surface area contributed by atoms with Crippen LogP contribution in [0.3, 0.4) is 0 Å². The van der Waals surface area contributed by atoms with Crippen molar-refractivity contribution >= 4 is 30.2 Å². The van der Waals surface area contributed by atoms with Crippen molar-refractivity contribution in [3.8, 4) is 0 Å². The molecule has 0 atom stereocenters. The first-order valence-electron chi connectivity index (χ1n) is 8.38. The maximum atomic E-state index is 6.10. The number of anilines is 2. The third-order valence-electron chi connectivity index (χ3n) is 4.81. The molecule has 1 saturated heterocycles. The summed E-state index contributed by atoms with van der Waals surface area (Å²) >= 11 is 0. The number of hydrogen-bond acceptors (Lipinski definition) is 5. The van der Waals surface area contributed by atoms with Crippen molar-refractivity contribution in [3.05, 3.63) is 54.1 Å². The molecule has 0 spiro atoms. The van der Waals surface area contributed by atoms with Crippen LogP contribution in [0.25, 0.3) is 0 Å². The van der Waals surface area contributed by atoms with E-state index in [0.717, 1.165) is 16.7 Å². The molecular weight excluding hydrogens is 313 g/mol. The second-order valence-corrected chi connectivity index (χ2v) is 7.21. The fourth-order valence-corrected chi connectivity index (χ4v) is 2.52. The molecule has 0 bridgehead atoms. The minimum absolute atomic E-state index is 0.373. The van der Waals surface area contributed by atoms with Crippen LogP contribution in [0.1, 0.15) is 33.3 Å². The zero-order chi connectivity index (χ0) is 18.1. The molecule has 0 radical (unpaired) electrons. The Balaban J connectivity index is 1.77. The van der Waals surface area contributed by atoms with Crippen LogP contribution in [0.4, 0.5) is 11.4 Å². The van der Waals surface area contributed by atoms with Crippen molar-refractivity contribution in [1.82, 2.24) is 0 Å². The molecule has 1 aliphatic rings. The van der Waals surface area contributed by atoms with E-state index in [1.807, 2.05) is 76.2 Å². The summed E-state index contributed by atoms with van der Waals surface area (Å²) in [7, 11) is -0.417. The average molecular weight is 337 g/mol. The molecule has 3 rings (SSSR count). The summed E-state index contributed by atoms with van der Waals surface area (Å²) < 4.78 is 12.2. The Bertz CT molecular complexity index is 759. The number of nitrogens with one attached hydrogen (secondary N) is 1. The lowest BCUT2D eigenvalue weighted by molar-refractivity contribution is 0.00578. The number of benzene rings is 2. The first kappa shape index (κ1) is 17.5. The highest BCUT2D eigenvalue weighted by atomic mass is 16.7. The predicted octanol–water partition coefficient (Wildman–Crippen LogP) is 3.01. The van der Waals surface area contributed by atoms with Crippen LogP contribution in [-0.4, -0.2) is 24.5 Å². The molecular formula is C19H24BN3O2. The van der Waals surface area contributed by atoms with E-state index in [-0.39, 0.29) is 11.2 Å². The Morgan fingerprint density at radius 1 is 1.00 bits per heavy atom. The lowest BCUT2D eigenvalue weighted by atomic mass is 9.78. The van der Waals surface area contributed by atoms with Gasteiger partial charge < -0.3 is 15.0 Å². The lowest BCUT2D eigenvalue weighted by Crippen LogP contribution is -2.41. The van der Waals surface area contributed by atoms with Gasteiger partial charge in [0.05, 0.1) is 23.1 Å². The van der Waals surface area contributed by atoms with Crippen LogP contribution < -0.4 is 16.6 Å². The Kier molecular flexibility index (Phi) is 4.58. The number of hydrogen-bond donors (Lipinski definition) is 2. The van der Waals surface area contributed by atoms with Crippen molar-refractivity contribution in [2.24, 2.45) is 5.10 Å². The molecule has 0 aromatic heterocycles. The topological polar surface area (TPSA) is 68.9 Å². The number of nitrogens with two attached hydrogens (primary N) is 1. The largest absolute Gasteiger partial charge is 0.494 e. The van der Waals surface area contributed by atoms with Crippen LogP contribution in [0.15, 0.2) is 53.6 Å². The molecule has 130 valence electrons. The van der Waals surface area contributed by atoms with E-state index in [1.165, 1.54) is 0 Å². The maximum Gasteiger partial charge on any atom is 0.494 e. The van der Waals surface area contributed by atoms with Gasteiger partial charge in [-0.3, -0.25) is 5.43 Å². The summed E-state index contributed by atoms with van der Waals surface area (Å²) in [6.07, 6.45) is 1.71. The summed E-state index contributed by atoms with van der Waals surface area (Å²) in [4.78, 5) is 0. The van der Waals surface area contributed by atoms with Gasteiger partial charge in [-0.05, 0) is 51.4 Å². The van der Waals surface area contributed by atoms with Gasteiger partial charge in [0.15, 0.2) is 0 Å². The van der Waals surface area contributed by atoms with E-state index in [4.69, 9.17) is 15.0 Å². The second kappa shape index (κ2) is 6.54. The number of nitrogen functional groups attached to an aromatic ring is 1. The smallest absolute Gasteiger partial charge is 0.399 e. The Labute approximate surface area is 149 Å². The van der Waals surface area contributed by atoms with Crippen molar-refractivity contribution in [1.29, 1.82) is 0 Å². The monoisotopic (exact) mass is 337 g/mol. The van der Waals surface area contributed by atoms with Gasteiger partial charge in [0, 0.05) is 11.3 Å². The molecule has 2 aromatic rings. The number of nitrogens with zero attached hydrogens (tertiary/aromatic N) is 1. The van der Waals surface area contributed by atoms with Crippen LogP contribution in [0.2, 0.25) is 0 Å². The summed E-state index contributed by atoms with van der Waals surface area (Å²) in [5.74, 6) is 0. The summed E-state index contributed by atoms with van der Waals surface area (Å²) in [6, 6.07) is 15.5. The molecule has 5 nitrogen and oxygen atoms in total. The quantitative estimate of drug-likeness (QED) is 0.389. The third-order valence-corrected chi connectivity index (χ3v) is 4.81. The van der Waals surface area contributed by atoms with E-state index in [0.29, 0.717) is 5.69 Å². The van der Waals surface area contributed by atoms with E-state index in [9.17, 15) is 0 Å². The number of rotatable bonds is 4. The van der Waals surface area contributed by atoms with Crippen molar-refractivity contribution in [2.45, 2.75) is 38.9 Å². The minimum atomic E-state index is -0.417. The minimum Gasteiger partial charge on any atom is -0.399 e. The number of hydrazone groups is 1. The molecule has 0 saturated carbocycles. The van der Waals surface area contributed by atoms with Gasteiger partial charge in [-0.1, -0.05) is 30.3 Å². The molecule has 0 aliphatic carbocycles. The zero-order valence-corrected chi connectivity index (χ0v) is 15.1. The molecule has 0 amide bonds. The van der Waals surface area contributed by atoms with E-state index < -0.39 is 7.12 Å². The normalized spacial score (nSPS) is 18.6. The van der Waals surface area contributed by atoms with Crippen LogP contribution in [0.5, 0.6) is 0 Å². The first-order chi connectivity index (χ1) is 11.8. The zero-order valence-electron chi connectivity index (χ0n) is 15.1. The Hall–Kier alpha value is -2.31. The average Bonchev–Trinajstić information content (AvgIpc) is 2.78. The fraction of sp³-hybridized carbons (Fsp3) is 0.316. The molecule has 1 fully saturated rings. The molecule has 6 heteroatoms. The van der Waals surface area contributed by atoms with Crippen LogP contribution in [0, 0.1) is 0 Å². The fourth-order valence-electron chi connectivity index (χ4n) is 2.52. The maximum absolute atomic E-state index is 6.10. The molecule has 3 N–H and O–H groups in total. The van der Waals surface area contributed by atoms with E-state index >= 15 is 0 Å². The predicted molar refractivity (Wildman–Crippen MR) is 104 cm³/mol. The Morgan fingerprint density at radius 3 is 2.28 bits per heavy atom. The van der Waals surface area contributed by atoms with Gasteiger partial charge in [-0.2, -0.15) is 5.10 Å². The van der Waals surface area contributed by atoms with Gasteiger partial charge in [-0.25, -0.2) is 0 Å². The van der Waals surface area contributed by atoms with Crippen molar-refractivity contribution in [3.63, 3.8) is 0 Å². The standard InChI is InChI=1S/C19H24BN3O2/c1-18(2)19(3,4)25-20(24-18)15-10-11-17(21)14(12-15)13-22-23-16-8-6-5-7-9-16/h5-13,23H,21H2,1-4H3. The van der Waals surface area contributed by atoms with Gasteiger partial charge >= 0.3 is 7.12 Å². The lowest BCUT2D eigenvalue weighted by Gasteiger charge is -2.32. The van der Waals surface area contributed by atoms with Crippen molar-refractivity contribution in [2.75, 3.05) is 11.2 Å². The van der Waals surface area contributed by atoms with Crippen LogP contribution in [-0.2, 0) is 9.31 Å².